The van der Waals surface area contributed by atoms with E-state index in [9.17, 15) is 0 Å². The van der Waals surface area contributed by atoms with Gasteiger partial charge in [-0.3, -0.25) is 0 Å². The average molecular weight is 867 g/mol. The van der Waals surface area contributed by atoms with Crippen molar-refractivity contribution in [3.05, 3.63) is 279 Å². The van der Waals surface area contributed by atoms with Gasteiger partial charge in [0.1, 0.15) is 0 Å². The fourth-order valence-electron chi connectivity index (χ4n) is 9.99. The first-order chi connectivity index (χ1) is 33.7. The molecule has 0 saturated heterocycles. The summed E-state index contributed by atoms with van der Waals surface area (Å²) in [5, 5.41) is 2.49. The van der Waals surface area contributed by atoms with Gasteiger partial charge in [-0.25, -0.2) is 0 Å². The number of anilines is 3. The number of rotatable bonds is 10. The fourth-order valence-corrected chi connectivity index (χ4v) is 9.99. The molecule has 12 aromatic rings. The lowest BCUT2D eigenvalue weighted by atomic mass is 9.87. The summed E-state index contributed by atoms with van der Waals surface area (Å²) in [5.74, 6) is 0. The monoisotopic (exact) mass is 866 g/mol. The van der Waals surface area contributed by atoms with Crippen LogP contribution in [0.25, 0.3) is 94.3 Å². The van der Waals surface area contributed by atoms with E-state index in [-0.39, 0.29) is 0 Å². The van der Waals surface area contributed by atoms with Crippen LogP contribution in [0, 0.1) is 0 Å². The van der Waals surface area contributed by atoms with Crippen LogP contribution in [0.3, 0.4) is 0 Å². The maximum Gasteiger partial charge on any atom is 0.0541 e. The average Bonchev–Trinajstić information content (AvgIpc) is 3.76. The minimum atomic E-state index is 1.08. The third kappa shape index (κ3) is 7.54. The Hall–Kier alpha value is -8.98. The molecule has 68 heavy (non-hydrogen) atoms. The van der Waals surface area contributed by atoms with Crippen molar-refractivity contribution < 1.29 is 0 Å². The van der Waals surface area contributed by atoms with Crippen LogP contribution < -0.4 is 4.90 Å². The zero-order chi connectivity index (χ0) is 45.2. The van der Waals surface area contributed by atoms with Gasteiger partial charge < -0.3 is 9.47 Å². The highest BCUT2D eigenvalue weighted by Crippen LogP contribution is 2.43. The Balaban J connectivity index is 0.916. The van der Waals surface area contributed by atoms with Crippen LogP contribution in [0.15, 0.2) is 279 Å². The topological polar surface area (TPSA) is 8.17 Å². The lowest BCUT2D eigenvalue weighted by Crippen LogP contribution is -2.09. The van der Waals surface area contributed by atoms with Crippen molar-refractivity contribution >= 4 is 38.9 Å². The highest BCUT2D eigenvalue weighted by Gasteiger charge is 2.18. The number of fused-ring (bicyclic) bond motifs is 3. The Morgan fingerprint density at radius 3 is 1.09 bits per heavy atom. The minimum absolute atomic E-state index is 1.08. The standard InChI is InChI=1S/C66H46N2/c1-4-18-47(19-5-1)48-32-39-54(40-33-48)67(55-41-34-49(35-42-55)52-38-45-66-64(46-52)63-30-16-17-31-65(63)68(66)53-22-8-3-9-23-53)56-43-36-51(37-44-56)58-25-11-13-27-60(58)62-29-15-14-28-61(62)59-26-12-10-24-57(59)50-20-6-2-7-21-50/h1-46H. The Kier molecular flexibility index (Phi) is 10.6. The van der Waals surface area contributed by atoms with Crippen LogP contribution in [0.1, 0.15) is 0 Å². The van der Waals surface area contributed by atoms with E-state index in [1.54, 1.807) is 0 Å². The van der Waals surface area contributed by atoms with Gasteiger partial charge in [-0.2, -0.15) is 0 Å². The summed E-state index contributed by atoms with van der Waals surface area (Å²) >= 11 is 0. The second-order valence-electron chi connectivity index (χ2n) is 17.3. The molecule has 0 N–H and O–H groups in total. The SMILES string of the molecule is c1ccc(-c2ccc(N(c3ccc(-c4ccc5c(c4)c4ccccc4n5-c4ccccc4)cc3)c3ccc(-c4ccccc4-c4ccccc4-c4ccccc4-c4ccccc4)cc3)cc2)cc1. The summed E-state index contributed by atoms with van der Waals surface area (Å²) < 4.78 is 2.37. The fraction of sp³-hybridized carbons (Fsp3) is 0. The quantitative estimate of drug-likeness (QED) is 0.133. The van der Waals surface area contributed by atoms with E-state index in [2.05, 4.69) is 289 Å². The molecule has 2 nitrogen and oxygen atoms in total. The Bertz CT molecular complexity index is 3680. The summed E-state index contributed by atoms with van der Waals surface area (Å²) in [6.45, 7) is 0. The summed E-state index contributed by atoms with van der Waals surface area (Å²) in [5.41, 5.74) is 21.2. The van der Waals surface area contributed by atoms with Gasteiger partial charge in [-0.05, 0) is 133 Å². The van der Waals surface area contributed by atoms with Gasteiger partial charge in [0.05, 0.1) is 11.0 Å². The maximum atomic E-state index is 2.37. The molecule has 0 aliphatic rings. The second-order valence-corrected chi connectivity index (χ2v) is 17.3. The van der Waals surface area contributed by atoms with Gasteiger partial charge in [0.25, 0.3) is 0 Å². The van der Waals surface area contributed by atoms with E-state index in [1.807, 2.05) is 0 Å². The predicted octanol–water partition coefficient (Wildman–Crippen LogP) is 18.3. The molecule has 0 aliphatic carbocycles. The van der Waals surface area contributed by atoms with Crippen LogP contribution in [-0.4, -0.2) is 4.57 Å². The highest BCUT2D eigenvalue weighted by atomic mass is 15.1. The van der Waals surface area contributed by atoms with E-state index in [0.717, 1.165) is 28.3 Å². The molecule has 0 radical (unpaired) electrons. The van der Waals surface area contributed by atoms with Crippen LogP contribution in [0.2, 0.25) is 0 Å². The first kappa shape index (κ1) is 40.5. The van der Waals surface area contributed by atoms with Gasteiger partial charge in [0, 0.05) is 33.5 Å². The Morgan fingerprint density at radius 1 is 0.221 bits per heavy atom. The summed E-state index contributed by atoms with van der Waals surface area (Å²) in [6, 6.07) is 101. The molecule has 2 heteroatoms. The Labute approximate surface area is 397 Å². The van der Waals surface area contributed by atoms with Crippen molar-refractivity contribution in [3.63, 3.8) is 0 Å². The molecule has 11 aromatic carbocycles. The molecule has 0 atom stereocenters. The van der Waals surface area contributed by atoms with Crippen LogP contribution in [0.5, 0.6) is 0 Å². The molecule has 0 unspecified atom stereocenters. The predicted molar refractivity (Wildman–Crippen MR) is 288 cm³/mol. The largest absolute Gasteiger partial charge is 0.311 e. The van der Waals surface area contributed by atoms with Gasteiger partial charge >= 0.3 is 0 Å². The van der Waals surface area contributed by atoms with Crippen molar-refractivity contribution in [2.45, 2.75) is 0 Å². The van der Waals surface area contributed by atoms with E-state index in [0.29, 0.717) is 0 Å². The smallest absolute Gasteiger partial charge is 0.0541 e. The maximum absolute atomic E-state index is 2.37. The van der Waals surface area contributed by atoms with Crippen molar-refractivity contribution in [2.75, 3.05) is 4.90 Å². The zero-order valence-electron chi connectivity index (χ0n) is 37.5. The normalized spacial score (nSPS) is 11.2. The van der Waals surface area contributed by atoms with Gasteiger partial charge in [0.2, 0.25) is 0 Å². The van der Waals surface area contributed by atoms with Crippen molar-refractivity contribution in [2.24, 2.45) is 0 Å². The summed E-state index contributed by atoms with van der Waals surface area (Å²) in [7, 11) is 0. The molecule has 0 fully saturated rings. The molecule has 0 bridgehead atoms. The van der Waals surface area contributed by atoms with Crippen molar-refractivity contribution in [3.8, 4) is 72.4 Å². The van der Waals surface area contributed by atoms with E-state index in [1.165, 1.54) is 83.0 Å². The molecule has 0 saturated carbocycles. The number of hydrogen-bond acceptors (Lipinski definition) is 1. The lowest BCUT2D eigenvalue weighted by molar-refractivity contribution is 1.18. The van der Waals surface area contributed by atoms with Crippen molar-refractivity contribution in [1.29, 1.82) is 0 Å². The molecule has 1 heterocycles. The highest BCUT2D eigenvalue weighted by molar-refractivity contribution is 6.10. The summed E-state index contributed by atoms with van der Waals surface area (Å²) in [4.78, 5) is 2.36. The molecule has 0 spiro atoms. The molecule has 12 rings (SSSR count). The van der Waals surface area contributed by atoms with Crippen LogP contribution in [-0.2, 0) is 0 Å². The molecule has 0 amide bonds. The molecular formula is C66H46N2. The van der Waals surface area contributed by atoms with Crippen LogP contribution in [0.4, 0.5) is 17.1 Å². The van der Waals surface area contributed by atoms with Gasteiger partial charge in [0.15, 0.2) is 0 Å². The zero-order valence-corrected chi connectivity index (χ0v) is 37.5. The molecular weight excluding hydrogens is 821 g/mol. The molecule has 320 valence electrons. The van der Waals surface area contributed by atoms with Crippen LogP contribution >= 0.6 is 0 Å². The third-order valence-electron chi connectivity index (χ3n) is 13.3. The number of para-hydroxylation sites is 2. The second kappa shape index (κ2) is 17.8. The number of benzene rings is 11. The lowest BCUT2D eigenvalue weighted by Gasteiger charge is -2.26. The Morgan fingerprint density at radius 2 is 0.559 bits per heavy atom. The van der Waals surface area contributed by atoms with Gasteiger partial charge in [-0.15, -0.1) is 0 Å². The van der Waals surface area contributed by atoms with E-state index in [4.69, 9.17) is 0 Å². The van der Waals surface area contributed by atoms with Crippen molar-refractivity contribution in [1.82, 2.24) is 4.57 Å². The minimum Gasteiger partial charge on any atom is -0.311 e. The van der Waals surface area contributed by atoms with Gasteiger partial charge in [-0.1, -0.05) is 212 Å². The number of aromatic nitrogens is 1. The van der Waals surface area contributed by atoms with E-state index < -0.39 is 0 Å². The first-order valence-electron chi connectivity index (χ1n) is 23.3. The first-order valence-corrected chi connectivity index (χ1v) is 23.3. The summed E-state index contributed by atoms with van der Waals surface area (Å²) in [6.07, 6.45) is 0. The number of hydrogen-bond donors (Lipinski definition) is 0. The third-order valence-corrected chi connectivity index (χ3v) is 13.3. The molecule has 1 aromatic heterocycles. The molecule has 0 aliphatic heterocycles. The number of nitrogens with zero attached hydrogens (tertiary/aromatic N) is 2. The van der Waals surface area contributed by atoms with E-state index >= 15 is 0 Å².